The first-order valence-electron chi connectivity index (χ1n) is 3.27. The van der Waals surface area contributed by atoms with Gasteiger partial charge in [0.1, 0.15) is 5.75 Å². The van der Waals surface area contributed by atoms with Crippen LogP contribution in [0.1, 0.15) is 0 Å². The van der Waals surface area contributed by atoms with E-state index in [-0.39, 0.29) is 0 Å². The third kappa shape index (κ3) is 1.66. The molecule has 0 aliphatic rings. The van der Waals surface area contributed by atoms with Crippen LogP contribution in [0.4, 0.5) is 5.69 Å². The van der Waals surface area contributed by atoms with Crippen molar-refractivity contribution in [3.8, 4) is 5.75 Å². The quantitative estimate of drug-likeness (QED) is 0.777. The maximum absolute atomic E-state index is 9.39. The molecular formula is C8H10BrNO. The summed E-state index contributed by atoms with van der Waals surface area (Å²) < 4.78 is 0.905. The van der Waals surface area contributed by atoms with Crippen molar-refractivity contribution in [1.29, 1.82) is 0 Å². The lowest BCUT2D eigenvalue weighted by atomic mass is 10.3. The van der Waals surface area contributed by atoms with Crippen LogP contribution < -0.4 is 4.90 Å². The van der Waals surface area contributed by atoms with Crippen molar-refractivity contribution >= 4 is 21.6 Å². The van der Waals surface area contributed by atoms with Gasteiger partial charge in [0, 0.05) is 18.6 Å². The molecule has 1 aromatic rings. The molecule has 60 valence electrons. The molecule has 0 bridgehead atoms. The molecule has 0 heterocycles. The van der Waals surface area contributed by atoms with Gasteiger partial charge in [0.2, 0.25) is 0 Å². The summed E-state index contributed by atoms with van der Waals surface area (Å²) in [7, 11) is 3.78. The first-order valence-corrected chi connectivity index (χ1v) is 4.07. The highest BCUT2D eigenvalue weighted by atomic mass is 79.9. The number of benzene rings is 1. The van der Waals surface area contributed by atoms with Crippen molar-refractivity contribution in [1.82, 2.24) is 0 Å². The Labute approximate surface area is 74.6 Å². The van der Waals surface area contributed by atoms with Crippen LogP contribution in [0.5, 0.6) is 5.75 Å². The van der Waals surface area contributed by atoms with E-state index in [9.17, 15) is 5.11 Å². The van der Waals surface area contributed by atoms with Gasteiger partial charge < -0.3 is 10.0 Å². The van der Waals surface area contributed by atoms with Crippen molar-refractivity contribution in [3.05, 3.63) is 22.7 Å². The normalized spacial score (nSPS) is 9.73. The number of hydrogen-bond acceptors (Lipinski definition) is 2. The summed E-state index contributed by atoms with van der Waals surface area (Å²) in [5.41, 5.74) is 0.813. The van der Waals surface area contributed by atoms with Crippen LogP contribution in [0, 0.1) is 0 Å². The van der Waals surface area contributed by atoms with Crippen LogP contribution >= 0.6 is 15.9 Å². The molecule has 0 atom stereocenters. The van der Waals surface area contributed by atoms with Crippen molar-refractivity contribution in [3.63, 3.8) is 0 Å². The second kappa shape index (κ2) is 3.13. The van der Waals surface area contributed by atoms with Crippen LogP contribution in [-0.2, 0) is 0 Å². The smallest absolute Gasteiger partial charge is 0.140 e. The lowest BCUT2D eigenvalue weighted by Gasteiger charge is -2.15. The number of phenols is 1. The Kier molecular flexibility index (Phi) is 2.39. The zero-order chi connectivity index (χ0) is 8.43. The highest BCUT2D eigenvalue weighted by molar-refractivity contribution is 9.10. The lowest BCUT2D eigenvalue weighted by Crippen LogP contribution is -2.09. The van der Waals surface area contributed by atoms with Gasteiger partial charge in [0.25, 0.3) is 0 Å². The predicted octanol–water partition coefficient (Wildman–Crippen LogP) is 2.22. The zero-order valence-corrected chi connectivity index (χ0v) is 8.09. The van der Waals surface area contributed by atoms with E-state index < -0.39 is 0 Å². The van der Waals surface area contributed by atoms with Gasteiger partial charge in [-0.2, -0.15) is 0 Å². The molecular weight excluding hydrogens is 206 g/mol. The van der Waals surface area contributed by atoms with Gasteiger partial charge >= 0.3 is 0 Å². The van der Waals surface area contributed by atoms with Crippen LogP contribution in [0.2, 0.25) is 0 Å². The summed E-state index contributed by atoms with van der Waals surface area (Å²) in [5, 5.41) is 9.39. The van der Waals surface area contributed by atoms with Crippen LogP contribution in [0.3, 0.4) is 0 Å². The minimum atomic E-state index is 0.296. The summed E-state index contributed by atoms with van der Waals surface area (Å²) >= 11 is 3.35. The average Bonchev–Trinajstić information content (AvgIpc) is 1.85. The lowest BCUT2D eigenvalue weighted by molar-refractivity contribution is 0.475. The predicted molar refractivity (Wildman–Crippen MR) is 50.1 cm³/mol. The number of anilines is 1. The number of nitrogens with zero attached hydrogens (tertiary/aromatic N) is 1. The van der Waals surface area contributed by atoms with Crippen LogP contribution in [-0.4, -0.2) is 19.2 Å². The molecule has 11 heavy (non-hydrogen) atoms. The SMILES string of the molecule is CN(C)c1c(O)cccc1Br. The highest BCUT2D eigenvalue weighted by Crippen LogP contribution is 2.33. The molecule has 1 rings (SSSR count). The van der Waals surface area contributed by atoms with Crippen molar-refractivity contribution < 1.29 is 5.11 Å². The fourth-order valence-corrected chi connectivity index (χ4v) is 1.66. The van der Waals surface area contributed by atoms with Crippen molar-refractivity contribution in [2.45, 2.75) is 0 Å². The van der Waals surface area contributed by atoms with Crippen molar-refractivity contribution in [2.24, 2.45) is 0 Å². The van der Waals surface area contributed by atoms with Gasteiger partial charge in [0.05, 0.1) is 5.69 Å². The Morgan fingerprint density at radius 3 is 2.36 bits per heavy atom. The molecule has 3 heteroatoms. The number of rotatable bonds is 1. The molecule has 1 N–H and O–H groups in total. The first kappa shape index (κ1) is 8.40. The Balaban J connectivity index is 3.21. The Morgan fingerprint density at radius 2 is 2.00 bits per heavy atom. The zero-order valence-electron chi connectivity index (χ0n) is 6.50. The Hall–Kier alpha value is -0.700. The largest absolute Gasteiger partial charge is 0.506 e. The molecule has 0 saturated carbocycles. The van der Waals surface area contributed by atoms with E-state index in [2.05, 4.69) is 15.9 Å². The van der Waals surface area contributed by atoms with E-state index in [1.54, 1.807) is 12.1 Å². The summed E-state index contributed by atoms with van der Waals surface area (Å²) in [6.45, 7) is 0. The van der Waals surface area contributed by atoms with Gasteiger partial charge in [-0.15, -0.1) is 0 Å². The summed E-state index contributed by atoms with van der Waals surface area (Å²) in [4.78, 5) is 1.86. The molecule has 0 spiro atoms. The van der Waals surface area contributed by atoms with Crippen LogP contribution in [0.25, 0.3) is 0 Å². The first-order chi connectivity index (χ1) is 5.13. The fourth-order valence-electron chi connectivity index (χ4n) is 0.947. The minimum Gasteiger partial charge on any atom is -0.506 e. The second-order valence-electron chi connectivity index (χ2n) is 2.50. The summed E-state index contributed by atoms with van der Waals surface area (Å²) in [6, 6.07) is 5.36. The number of phenolic OH excluding ortho intramolecular Hbond substituents is 1. The van der Waals surface area contributed by atoms with Gasteiger partial charge in [-0.25, -0.2) is 0 Å². The van der Waals surface area contributed by atoms with E-state index in [4.69, 9.17) is 0 Å². The number of halogens is 1. The van der Waals surface area contributed by atoms with E-state index in [0.717, 1.165) is 10.2 Å². The number of para-hydroxylation sites is 1. The molecule has 0 aliphatic carbocycles. The molecule has 0 fully saturated rings. The molecule has 0 amide bonds. The van der Waals surface area contributed by atoms with Gasteiger partial charge in [0.15, 0.2) is 0 Å². The average molecular weight is 216 g/mol. The summed E-state index contributed by atoms with van der Waals surface area (Å²) in [5.74, 6) is 0.296. The standard InChI is InChI=1S/C8H10BrNO/c1-10(2)8-6(9)4-3-5-7(8)11/h3-5,11H,1-2H3. The summed E-state index contributed by atoms with van der Waals surface area (Å²) in [6.07, 6.45) is 0. The fraction of sp³-hybridized carbons (Fsp3) is 0.250. The van der Waals surface area contributed by atoms with E-state index >= 15 is 0 Å². The molecule has 0 radical (unpaired) electrons. The van der Waals surface area contributed by atoms with Crippen molar-refractivity contribution in [2.75, 3.05) is 19.0 Å². The number of hydrogen-bond donors (Lipinski definition) is 1. The third-order valence-corrected chi connectivity index (χ3v) is 2.05. The maximum Gasteiger partial charge on any atom is 0.140 e. The minimum absolute atomic E-state index is 0.296. The van der Waals surface area contributed by atoms with E-state index in [1.165, 1.54) is 0 Å². The molecule has 2 nitrogen and oxygen atoms in total. The van der Waals surface area contributed by atoms with Gasteiger partial charge in [-0.3, -0.25) is 0 Å². The van der Waals surface area contributed by atoms with Gasteiger partial charge in [-0.05, 0) is 28.1 Å². The molecule has 0 unspecified atom stereocenters. The third-order valence-electron chi connectivity index (χ3n) is 1.41. The monoisotopic (exact) mass is 215 g/mol. The van der Waals surface area contributed by atoms with Gasteiger partial charge in [-0.1, -0.05) is 6.07 Å². The molecule has 0 saturated heterocycles. The van der Waals surface area contributed by atoms with E-state index in [1.807, 2.05) is 25.1 Å². The second-order valence-corrected chi connectivity index (χ2v) is 3.36. The number of aromatic hydroxyl groups is 1. The molecule has 1 aromatic carbocycles. The Bertz CT molecular complexity index is 240. The topological polar surface area (TPSA) is 23.5 Å². The molecule has 0 aromatic heterocycles. The molecule has 0 aliphatic heterocycles. The Morgan fingerprint density at radius 1 is 1.36 bits per heavy atom. The van der Waals surface area contributed by atoms with E-state index in [0.29, 0.717) is 5.75 Å². The highest BCUT2D eigenvalue weighted by Gasteiger charge is 2.05. The maximum atomic E-state index is 9.39. The van der Waals surface area contributed by atoms with Crippen LogP contribution in [0.15, 0.2) is 22.7 Å².